The summed E-state index contributed by atoms with van der Waals surface area (Å²) in [6.45, 7) is 1.36. The highest BCUT2D eigenvalue weighted by atomic mass is 35.5. The van der Waals surface area contributed by atoms with E-state index in [1.54, 1.807) is 31.2 Å². The predicted molar refractivity (Wildman–Crippen MR) is 76.8 cm³/mol. The van der Waals surface area contributed by atoms with E-state index in [4.69, 9.17) is 11.6 Å². The third kappa shape index (κ3) is 6.58. The lowest BCUT2D eigenvalue weighted by Gasteiger charge is -2.06. The van der Waals surface area contributed by atoms with Crippen LogP contribution in [-0.4, -0.2) is 31.1 Å². The largest absolute Gasteiger partial charge is 0.463 e. The summed E-state index contributed by atoms with van der Waals surface area (Å²) in [5.74, 6) is -2.02. The van der Waals surface area contributed by atoms with E-state index in [1.807, 2.05) is 0 Å². The van der Waals surface area contributed by atoms with E-state index in [0.717, 1.165) is 12.2 Å². The zero-order chi connectivity index (χ0) is 15.7. The van der Waals surface area contributed by atoms with E-state index in [0.29, 0.717) is 10.7 Å². The summed E-state index contributed by atoms with van der Waals surface area (Å²) in [5.41, 5.74) is 0.419. The molecular formula is C14H14ClNO5. The minimum atomic E-state index is -0.822. The molecule has 0 aromatic heterocycles. The Kier molecular flexibility index (Phi) is 6.97. The van der Waals surface area contributed by atoms with Crippen LogP contribution in [0.15, 0.2) is 36.4 Å². The Morgan fingerprint density at radius 2 is 1.76 bits per heavy atom. The molecule has 0 atom stereocenters. The number of amides is 1. The maximum absolute atomic E-state index is 11.5. The predicted octanol–water partition coefficient (Wildman–Crippen LogP) is 1.94. The molecule has 0 saturated carbocycles. The van der Waals surface area contributed by atoms with Gasteiger partial charge in [0.15, 0.2) is 6.61 Å². The Labute approximate surface area is 126 Å². The molecule has 6 nitrogen and oxygen atoms in total. The van der Waals surface area contributed by atoms with Gasteiger partial charge in [0.25, 0.3) is 5.91 Å². The Balaban J connectivity index is 2.38. The molecule has 1 amide bonds. The fourth-order valence-electron chi connectivity index (χ4n) is 1.26. The summed E-state index contributed by atoms with van der Waals surface area (Å²) >= 11 is 5.86. The van der Waals surface area contributed by atoms with Crippen LogP contribution in [0.25, 0.3) is 0 Å². The lowest BCUT2D eigenvalue weighted by Crippen LogP contribution is -2.20. The molecule has 1 rings (SSSR count). The monoisotopic (exact) mass is 311 g/mol. The fourth-order valence-corrected chi connectivity index (χ4v) is 1.44. The molecule has 0 aliphatic heterocycles. The molecule has 0 aliphatic rings. The average molecular weight is 312 g/mol. The topological polar surface area (TPSA) is 81.7 Å². The molecule has 1 aromatic rings. The first-order valence-electron chi connectivity index (χ1n) is 6.09. The molecule has 7 heteroatoms. The van der Waals surface area contributed by atoms with Crippen LogP contribution < -0.4 is 5.32 Å². The van der Waals surface area contributed by atoms with Gasteiger partial charge in [0, 0.05) is 12.2 Å². The Morgan fingerprint density at radius 3 is 2.38 bits per heavy atom. The molecule has 0 radical (unpaired) electrons. The molecule has 21 heavy (non-hydrogen) atoms. The van der Waals surface area contributed by atoms with Gasteiger partial charge in [-0.15, -0.1) is 0 Å². The van der Waals surface area contributed by atoms with Gasteiger partial charge in [-0.1, -0.05) is 23.7 Å². The van der Waals surface area contributed by atoms with Gasteiger partial charge < -0.3 is 14.8 Å². The van der Waals surface area contributed by atoms with Crippen LogP contribution in [0, 0.1) is 0 Å². The minimum Gasteiger partial charge on any atom is -0.463 e. The normalized spacial score (nSPS) is 10.2. The van der Waals surface area contributed by atoms with Gasteiger partial charge in [-0.2, -0.15) is 0 Å². The van der Waals surface area contributed by atoms with Gasteiger partial charge in [-0.05, 0) is 19.1 Å². The molecule has 0 saturated heterocycles. The van der Waals surface area contributed by atoms with Crippen molar-refractivity contribution in [3.05, 3.63) is 41.4 Å². The van der Waals surface area contributed by atoms with E-state index in [1.165, 1.54) is 0 Å². The number of carbonyl (C=O) groups excluding carboxylic acids is 3. The molecule has 0 fully saturated rings. The Morgan fingerprint density at radius 1 is 1.14 bits per heavy atom. The lowest BCUT2D eigenvalue weighted by atomic mass is 10.3. The maximum atomic E-state index is 11.5. The van der Waals surface area contributed by atoms with Gasteiger partial charge in [-0.25, -0.2) is 9.59 Å². The second kappa shape index (κ2) is 8.76. The number of anilines is 1. The molecule has 1 N–H and O–H groups in total. The second-order valence-corrected chi connectivity index (χ2v) is 4.13. The minimum absolute atomic E-state index is 0.207. The molecule has 0 unspecified atom stereocenters. The van der Waals surface area contributed by atoms with Crippen molar-refractivity contribution in [2.24, 2.45) is 0 Å². The first-order chi connectivity index (χ1) is 10.0. The van der Waals surface area contributed by atoms with Gasteiger partial charge in [0.05, 0.1) is 17.3 Å². The summed E-state index contributed by atoms with van der Waals surface area (Å²) in [5, 5.41) is 2.86. The highest BCUT2D eigenvalue weighted by Gasteiger charge is 2.08. The summed E-state index contributed by atoms with van der Waals surface area (Å²) < 4.78 is 9.24. The van der Waals surface area contributed by atoms with E-state index in [9.17, 15) is 14.4 Å². The summed E-state index contributed by atoms with van der Waals surface area (Å²) in [6.07, 6.45) is 1.82. The zero-order valence-corrected chi connectivity index (χ0v) is 12.1. The van der Waals surface area contributed by atoms with Crippen molar-refractivity contribution in [3.63, 3.8) is 0 Å². The molecule has 0 bridgehead atoms. The second-order valence-electron chi connectivity index (χ2n) is 3.72. The lowest BCUT2D eigenvalue weighted by molar-refractivity contribution is -0.143. The SMILES string of the molecule is CCOC(=O)/C=C/C(=O)OCC(=O)Nc1ccccc1Cl. The summed E-state index contributed by atoms with van der Waals surface area (Å²) in [7, 11) is 0. The first kappa shape index (κ1) is 16.7. The molecule has 0 heterocycles. The third-order valence-electron chi connectivity index (χ3n) is 2.14. The fraction of sp³-hybridized carbons (Fsp3) is 0.214. The van der Waals surface area contributed by atoms with Crippen LogP contribution >= 0.6 is 11.6 Å². The van der Waals surface area contributed by atoms with Crippen molar-refractivity contribution in [3.8, 4) is 0 Å². The number of halogens is 1. The molecular weight excluding hydrogens is 298 g/mol. The Hall–Kier alpha value is -2.34. The number of hydrogen-bond acceptors (Lipinski definition) is 5. The quantitative estimate of drug-likeness (QED) is 0.641. The van der Waals surface area contributed by atoms with Gasteiger partial charge in [0.1, 0.15) is 0 Å². The zero-order valence-electron chi connectivity index (χ0n) is 11.3. The first-order valence-corrected chi connectivity index (χ1v) is 6.46. The average Bonchev–Trinajstić information content (AvgIpc) is 2.46. The molecule has 112 valence electrons. The van der Waals surface area contributed by atoms with Gasteiger partial charge >= 0.3 is 11.9 Å². The van der Waals surface area contributed by atoms with Crippen LogP contribution in [0.4, 0.5) is 5.69 Å². The number of ether oxygens (including phenoxy) is 2. The van der Waals surface area contributed by atoms with Crippen LogP contribution in [0.5, 0.6) is 0 Å². The van der Waals surface area contributed by atoms with Crippen molar-refractivity contribution >= 4 is 35.1 Å². The standard InChI is InChI=1S/C14H14ClNO5/c1-2-20-13(18)7-8-14(19)21-9-12(17)16-11-6-4-3-5-10(11)15/h3-8H,2,9H2,1H3,(H,16,17)/b8-7+. The number of para-hydroxylation sites is 1. The Bertz CT molecular complexity index is 556. The van der Waals surface area contributed by atoms with Gasteiger partial charge in [0.2, 0.25) is 0 Å². The number of hydrogen-bond donors (Lipinski definition) is 1. The van der Waals surface area contributed by atoms with Crippen molar-refractivity contribution < 1.29 is 23.9 Å². The highest BCUT2D eigenvalue weighted by Crippen LogP contribution is 2.20. The van der Waals surface area contributed by atoms with Crippen molar-refractivity contribution in [1.29, 1.82) is 0 Å². The smallest absolute Gasteiger partial charge is 0.331 e. The molecule has 0 aliphatic carbocycles. The number of rotatable bonds is 6. The number of benzene rings is 1. The summed E-state index contributed by atoms with van der Waals surface area (Å²) in [6, 6.07) is 6.65. The van der Waals surface area contributed by atoms with E-state index < -0.39 is 24.5 Å². The number of carbonyl (C=O) groups is 3. The number of esters is 2. The third-order valence-corrected chi connectivity index (χ3v) is 2.47. The molecule has 1 aromatic carbocycles. The van der Waals surface area contributed by atoms with Gasteiger partial charge in [-0.3, -0.25) is 4.79 Å². The number of nitrogens with one attached hydrogen (secondary N) is 1. The van der Waals surface area contributed by atoms with Crippen molar-refractivity contribution in [1.82, 2.24) is 0 Å². The van der Waals surface area contributed by atoms with Crippen molar-refractivity contribution in [2.75, 3.05) is 18.5 Å². The van der Waals surface area contributed by atoms with Crippen LogP contribution in [0.1, 0.15) is 6.92 Å². The van der Waals surface area contributed by atoms with Crippen LogP contribution in [-0.2, 0) is 23.9 Å². The van der Waals surface area contributed by atoms with E-state index in [-0.39, 0.29) is 6.61 Å². The molecule has 0 spiro atoms. The highest BCUT2D eigenvalue weighted by molar-refractivity contribution is 6.33. The van der Waals surface area contributed by atoms with E-state index >= 15 is 0 Å². The summed E-state index contributed by atoms with van der Waals surface area (Å²) in [4.78, 5) is 33.8. The van der Waals surface area contributed by atoms with Crippen LogP contribution in [0.2, 0.25) is 5.02 Å². The van der Waals surface area contributed by atoms with Crippen LogP contribution in [0.3, 0.4) is 0 Å². The maximum Gasteiger partial charge on any atom is 0.331 e. The van der Waals surface area contributed by atoms with E-state index in [2.05, 4.69) is 14.8 Å². The van der Waals surface area contributed by atoms with Crippen molar-refractivity contribution in [2.45, 2.75) is 6.92 Å².